The maximum Gasteiger partial charge on any atom is 0.312 e. The van der Waals surface area contributed by atoms with E-state index in [-0.39, 0.29) is 44.5 Å². The molecule has 16 heteroatoms. The number of piperazine rings is 1. The first kappa shape index (κ1) is 47.3. The fraction of sp³-hybridized carbons (Fsp3) is 0.574. The molecule has 16 nitrogen and oxygen atoms in total. The zero-order valence-electron chi connectivity index (χ0n) is 37.8. The highest BCUT2D eigenvalue weighted by Gasteiger charge is 2.50. The van der Waals surface area contributed by atoms with Gasteiger partial charge < -0.3 is 49.8 Å². The van der Waals surface area contributed by atoms with Gasteiger partial charge in [0.2, 0.25) is 0 Å². The number of carbonyl (C=O) groups is 3. The van der Waals surface area contributed by atoms with Gasteiger partial charge in [-0.3, -0.25) is 24.3 Å². The maximum absolute atomic E-state index is 14.5. The molecule has 344 valence electrons. The first-order valence-corrected chi connectivity index (χ1v) is 21.9. The molecule has 6 N–H and O–H groups in total. The van der Waals surface area contributed by atoms with Crippen LogP contribution in [0.3, 0.4) is 0 Å². The molecule has 9 atom stereocenters. The number of aliphatic hydroxyl groups excluding tert-OH is 2. The minimum absolute atomic E-state index is 0.0631. The summed E-state index contributed by atoms with van der Waals surface area (Å²) < 4.78 is 23.7. The highest BCUT2D eigenvalue weighted by atomic mass is 16.7. The molecule has 1 amide bonds. The Balaban J connectivity index is 1.47. The number of Topliss-reactive ketones (excluding diaryl/α,β-unsaturated/α-hetero) is 1. The van der Waals surface area contributed by atoms with Crippen molar-refractivity contribution in [3.05, 3.63) is 52.8 Å². The van der Waals surface area contributed by atoms with Crippen molar-refractivity contribution in [1.82, 2.24) is 9.91 Å². The summed E-state index contributed by atoms with van der Waals surface area (Å²) in [6.07, 6.45) is 9.75. The summed E-state index contributed by atoms with van der Waals surface area (Å²) >= 11 is 0. The number of ketones is 1. The predicted octanol–water partition coefficient (Wildman–Crippen LogP) is 5.65. The van der Waals surface area contributed by atoms with E-state index in [9.17, 15) is 39.9 Å². The van der Waals surface area contributed by atoms with Gasteiger partial charge in [0.15, 0.2) is 5.75 Å². The molecule has 0 aromatic heterocycles. The van der Waals surface area contributed by atoms with Gasteiger partial charge in [-0.1, -0.05) is 58.8 Å². The van der Waals surface area contributed by atoms with E-state index >= 15 is 0 Å². The number of allylic oxidation sites excluding steroid dienone is 2. The monoisotopic (exact) mass is 876 g/mol. The van der Waals surface area contributed by atoms with Crippen LogP contribution in [0.25, 0.3) is 10.8 Å². The van der Waals surface area contributed by atoms with Crippen molar-refractivity contribution in [2.24, 2.45) is 28.8 Å². The molecule has 2 aromatic carbocycles. The van der Waals surface area contributed by atoms with E-state index in [1.165, 1.54) is 85.1 Å². The smallest absolute Gasteiger partial charge is 0.312 e. The van der Waals surface area contributed by atoms with Crippen LogP contribution in [0.1, 0.15) is 95.6 Å². The molecule has 4 aliphatic heterocycles. The summed E-state index contributed by atoms with van der Waals surface area (Å²) in [5, 5.41) is 67.6. The number of amides is 1. The van der Waals surface area contributed by atoms with Crippen LogP contribution in [0.5, 0.6) is 23.0 Å². The van der Waals surface area contributed by atoms with Gasteiger partial charge in [0, 0.05) is 93.4 Å². The zero-order valence-corrected chi connectivity index (χ0v) is 37.8. The van der Waals surface area contributed by atoms with Gasteiger partial charge in [0.05, 0.1) is 53.0 Å². The number of nitrogens with one attached hydrogen (secondary N) is 1. The second kappa shape index (κ2) is 19.3. The number of anilines is 1. The number of aliphatic hydroxyl groups is 2. The van der Waals surface area contributed by atoms with Gasteiger partial charge >= 0.3 is 11.8 Å². The molecule has 1 saturated heterocycles. The quantitative estimate of drug-likeness (QED) is 0.0926. The molecule has 7 rings (SSSR count). The van der Waals surface area contributed by atoms with Gasteiger partial charge in [-0.25, -0.2) is 0 Å². The molecular formula is C47H64N4O12. The van der Waals surface area contributed by atoms with Crippen LogP contribution < -0.4 is 10.1 Å². The van der Waals surface area contributed by atoms with Crippen molar-refractivity contribution in [2.45, 2.75) is 117 Å². The number of rotatable bonds is 5. The Hall–Kier alpha value is -5.16. The van der Waals surface area contributed by atoms with E-state index in [1.807, 2.05) is 5.01 Å². The number of esters is 1. The number of carbonyl (C=O) groups excluding carboxylic acids is 3. The van der Waals surface area contributed by atoms with E-state index in [1.54, 1.807) is 39.8 Å². The van der Waals surface area contributed by atoms with Crippen molar-refractivity contribution >= 4 is 40.3 Å². The molecule has 5 aliphatic rings. The Morgan fingerprint density at radius 3 is 2.22 bits per heavy atom. The minimum Gasteiger partial charge on any atom is -0.507 e. The molecular weight excluding hydrogens is 813 g/mol. The lowest BCUT2D eigenvalue weighted by Crippen LogP contribution is -2.47. The van der Waals surface area contributed by atoms with Gasteiger partial charge in [0.1, 0.15) is 23.4 Å². The zero-order chi connectivity index (χ0) is 46.1. The first-order valence-electron chi connectivity index (χ1n) is 21.9. The molecule has 5 bridgehead atoms. The average molecular weight is 877 g/mol. The number of ether oxygens (including phenoxy) is 4. The second-order valence-corrected chi connectivity index (χ2v) is 17.8. The van der Waals surface area contributed by atoms with Crippen LogP contribution in [0, 0.1) is 30.6 Å². The fourth-order valence-electron chi connectivity index (χ4n) is 9.47. The van der Waals surface area contributed by atoms with Gasteiger partial charge in [-0.2, -0.15) is 5.10 Å². The number of hydrazone groups is 1. The van der Waals surface area contributed by atoms with E-state index < -0.39 is 88.8 Å². The van der Waals surface area contributed by atoms with Gasteiger partial charge in [-0.15, -0.1) is 0 Å². The predicted molar refractivity (Wildman–Crippen MR) is 237 cm³/mol. The van der Waals surface area contributed by atoms with E-state index in [0.29, 0.717) is 19.1 Å². The lowest BCUT2D eigenvalue weighted by molar-refractivity contribution is -0.160. The van der Waals surface area contributed by atoms with Crippen LogP contribution in [0.15, 0.2) is 41.2 Å². The Labute approximate surface area is 368 Å². The number of methoxy groups -OCH3 is 1. The van der Waals surface area contributed by atoms with Crippen molar-refractivity contribution < 1.29 is 58.9 Å². The van der Waals surface area contributed by atoms with Crippen molar-refractivity contribution in [1.29, 1.82) is 0 Å². The molecule has 2 aromatic rings. The van der Waals surface area contributed by atoms with Crippen LogP contribution in [0.4, 0.5) is 5.69 Å². The van der Waals surface area contributed by atoms with Gasteiger partial charge in [0.25, 0.3) is 11.7 Å². The fourth-order valence-corrected chi connectivity index (χ4v) is 9.47. The highest BCUT2D eigenvalue weighted by molar-refractivity contribution is 6.23. The highest BCUT2D eigenvalue weighted by Crippen LogP contribution is 2.55. The third-order valence-electron chi connectivity index (χ3n) is 13.5. The largest absolute Gasteiger partial charge is 0.507 e. The SMILES string of the molecule is CO[C@H]1/C=C/O[C@@]2(C)Oc3c(C)c(O)c4c(O)c(c(/C=N\N5CCN(C6CCCC6)CC5)c(O)c4c3C2=O)NC(=O)/C(C)=C\C=C\[C@@H](C)[C@H](O)[C@@H](C)[C@H](O)[C@H](C)[C@H](OC(C)=O)[C@H]1C. The Morgan fingerprint density at radius 1 is 0.921 bits per heavy atom. The molecule has 1 aliphatic carbocycles. The normalized spacial score (nSPS) is 32.4. The molecule has 63 heavy (non-hydrogen) atoms. The van der Waals surface area contributed by atoms with E-state index in [2.05, 4.69) is 15.3 Å². The molecule has 0 unspecified atom stereocenters. The summed E-state index contributed by atoms with van der Waals surface area (Å²) in [6.45, 7) is 15.4. The number of hydrogen-bond acceptors (Lipinski definition) is 15. The van der Waals surface area contributed by atoms with E-state index in [4.69, 9.17) is 18.9 Å². The maximum atomic E-state index is 14.5. The number of phenolic OH excluding ortho intramolecular Hbond substituents is 3. The summed E-state index contributed by atoms with van der Waals surface area (Å²) in [5.41, 5.74) is -0.293. The first-order chi connectivity index (χ1) is 29.8. The molecule has 0 spiro atoms. The lowest BCUT2D eigenvalue weighted by Gasteiger charge is -2.38. The summed E-state index contributed by atoms with van der Waals surface area (Å²) in [5.74, 6) is -8.28. The molecule has 4 heterocycles. The summed E-state index contributed by atoms with van der Waals surface area (Å²) in [4.78, 5) is 43.2. The van der Waals surface area contributed by atoms with Gasteiger partial charge in [-0.05, 0) is 32.8 Å². The Morgan fingerprint density at radius 2 is 1.59 bits per heavy atom. The third kappa shape index (κ3) is 9.40. The summed E-state index contributed by atoms with van der Waals surface area (Å²) in [7, 11) is 1.44. The van der Waals surface area contributed by atoms with E-state index in [0.717, 1.165) is 13.1 Å². The van der Waals surface area contributed by atoms with Crippen molar-refractivity contribution in [3.63, 3.8) is 0 Å². The van der Waals surface area contributed by atoms with Crippen LogP contribution >= 0.6 is 0 Å². The third-order valence-corrected chi connectivity index (χ3v) is 13.5. The second-order valence-electron chi connectivity index (χ2n) is 17.8. The van der Waals surface area contributed by atoms with Crippen LogP contribution in [-0.4, -0.2) is 129 Å². The van der Waals surface area contributed by atoms with Crippen LogP contribution in [0.2, 0.25) is 0 Å². The Bertz CT molecular complexity index is 2190. The van der Waals surface area contributed by atoms with Crippen molar-refractivity contribution in [3.8, 4) is 23.0 Å². The van der Waals surface area contributed by atoms with Crippen LogP contribution in [-0.2, 0) is 23.8 Å². The standard InChI is InChI=1S/C47H64N4O12/c1-24-13-12-14-25(2)46(59)49-37-32(23-48-51-20-18-50(19-21-51)31-15-10-11-16-31)41(56)34-35(42(37)57)40(55)29(6)44-36(34)45(58)47(8,63-44)61-22-17-33(60-9)26(3)43(62-30(7)52)28(5)39(54)27(4)38(24)53/h12-14,17,22-24,26-28,31,33,38-39,43,53-57H,10-11,15-16,18-21H2,1-9H3,(H,49,59)/b13-12+,22-17+,25-14-,48-23-/t24-,26+,27-,28+,33+,38+,39+,43-,47+/m1/s1. The molecule has 0 radical (unpaired) electrons. The molecule has 1 saturated carbocycles. The number of benzene rings is 2. The number of nitrogens with zero attached hydrogens (tertiary/aromatic N) is 3. The van der Waals surface area contributed by atoms with Crippen molar-refractivity contribution in [2.75, 3.05) is 38.6 Å². The topological polar surface area (TPSA) is 220 Å². The number of phenols is 3. The minimum atomic E-state index is -2.04. The summed E-state index contributed by atoms with van der Waals surface area (Å²) in [6, 6.07) is 0.553. The Kier molecular flexibility index (Phi) is 14.5. The number of fused-ring (bicyclic) bond motifs is 14. The number of hydrogen-bond donors (Lipinski definition) is 6. The molecule has 2 fully saturated rings. The number of aromatic hydroxyl groups is 3. The lowest BCUT2D eigenvalue weighted by atomic mass is 9.78. The average Bonchev–Trinajstić information content (AvgIpc) is 3.89.